The first kappa shape index (κ1) is 14.5. The van der Waals surface area contributed by atoms with E-state index in [0.717, 1.165) is 6.08 Å². The summed E-state index contributed by atoms with van der Waals surface area (Å²) in [7, 11) is 0. The molecule has 0 saturated carbocycles. The Balaban J connectivity index is 3.04. The second-order valence-corrected chi connectivity index (χ2v) is 4.09. The van der Waals surface area contributed by atoms with Crippen molar-refractivity contribution in [2.45, 2.75) is 13.2 Å². The maximum absolute atomic E-state index is 11.2. The summed E-state index contributed by atoms with van der Waals surface area (Å²) in [5.41, 5.74) is 0.325. The summed E-state index contributed by atoms with van der Waals surface area (Å²) < 4.78 is 9.76. The van der Waals surface area contributed by atoms with Gasteiger partial charge in [-0.3, -0.25) is 4.79 Å². The van der Waals surface area contributed by atoms with Crippen molar-refractivity contribution in [3.05, 3.63) is 46.5 Å². The maximum Gasteiger partial charge on any atom is 0.333 e. The van der Waals surface area contributed by atoms with E-state index in [2.05, 4.69) is 6.58 Å². The lowest BCUT2D eigenvalue weighted by molar-refractivity contribution is -0.184. The van der Waals surface area contributed by atoms with E-state index in [9.17, 15) is 9.59 Å². The summed E-state index contributed by atoms with van der Waals surface area (Å²) in [6.07, 6.45) is -0.266. The smallest absolute Gasteiger partial charge is 0.333 e. The minimum absolute atomic E-state index is 0.227. The SMILES string of the molecule is C=CC(=O)OC(OC(C)=O)c1ccc(Cl)cc1Cl. The molecule has 0 heterocycles. The second-order valence-electron chi connectivity index (χ2n) is 3.25. The van der Waals surface area contributed by atoms with E-state index in [-0.39, 0.29) is 5.02 Å². The Labute approximate surface area is 114 Å². The number of rotatable bonds is 4. The molecule has 6 heteroatoms. The summed E-state index contributed by atoms with van der Waals surface area (Å²) >= 11 is 11.7. The molecule has 0 aromatic heterocycles. The molecule has 4 nitrogen and oxygen atoms in total. The number of ether oxygens (including phenoxy) is 2. The molecule has 0 aliphatic heterocycles. The predicted octanol–water partition coefficient (Wildman–Crippen LogP) is 3.28. The maximum atomic E-state index is 11.2. The topological polar surface area (TPSA) is 52.6 Å². The van der Waals surface area contributed by atoms with Crippen molar-refractivity contribution in [3.63, 3.8) is 0 Å². The Morgan fingerprint density at radius 3 is 2.50 bits per heavy atom. The van der Waals surface area contributed by atoms with E-state index >= 15 is 0 Å². The number of benzene rings is 1. The molecule has 0 radical (unpaired) electrons. The number of carbonyl (C=O) groups is 2. The molecule has 1 rings (SSSR count). The van der Waals surface area contributed by atoms with E-state index < -0.39 is 18.2 Å². The van der Waals surface area contributed by atoms with Gasteiger partial charge in [0.1, 0.15) is 0 Å². The highest BCUT2D eigenvalue weighted by atomic mass is 35.5. The third kappa shape index (κ3) is 4.05. The van der Waals surface area contributed by atoms with Gasteiger partial charge in [0, 0.05) is 18.0 Å². The van der Waals surface area contributed by atoms with Crippen LogP contribution in [-0.4, -0.2) is 11.9 Å². The molecular formula is C12H10Cl2O4. The molecule has 0 amide bonds. The summed E-state index contributed by atoms with van der Waals surface area (Å²) in [6.45, 7) is 4.45. The highest BCUT2D eigenvalue weighted by Crippen LogP contribution is 2.29. The van der Waals surface area contributed by atoms with Crippen molar-refractivity contribution in [3.8, 4) is 0 Å². The number of carbonyl (C=O) groups excluding carboxylic acids is 2. The number of halogens is 2. The van der Waals surface area contributed by atoms with Gasteiger partial charge in [-0.2, -0.15) is 0 Å². The third-order valence-corrected chi connectivity index (χ3v) is 2.44. The largest absolute Gasteiger partial charge is 0.421 e. The predicted molar refractivity (Wildman–Crippen MR) is 67.3 cm³/mol. The number of esters is 2. The highest BCUT2D eigenvalue weighted by molar-refractivity contribution is 6.35. The van der Waals surface area contributed by atoms with Gasteiger partial charge in [-0.1, -0.05) is 29.8 Å². The molecule has 0 aliphatic carbocycles. The minimum Gasteiger partial charge on any atom is -0.421 e. The summed E-state index contributed by atoms with van der Waals surface area (Å²) in [4.78, 5) is 22.1. The van der Waals surface area contributed by atoms with Gasteiger partial charge in [0.25, 0.3) is 6.29 Å². The highest BCUT2D eigenvalue weighted by Gasteiger charge is 2.21. The van der Waals surface area contributed by atoms with Crippen LogP contribution in [0.5, 0.6) is 0 Å². The fourth-order valence-corrected chi connectivity index (χ4v) is 1.65. The van der Waals surface area contributed by atoms with Gasteiger partial charge in [0.2, 0.25) is 0 Å². The van der Waals surface area contributed by atoms with E-state index in [1.807, 2.05) is 0 Å². The minimum atomic E-state index is -1.22. The molecule has 1 unspecified atom stereocenters. The third-order valence-electron chi connectivity index (χ3n) is 1.88. The summed E-state index contributed by atoms with van der Waals surface area (Å²) in [5.74, 6) is -1.34. The molecule has 96 valence electrons. The van der Waals surface area contributed by atoms with E-state index in [1.54, 1.807) is 6.07 Å². The van der Waals surface area contributed by atoms with Crippen LogP contribution in [0.3, 0.4) is 0 Å². The number of hydrogen-bond donors (Lipinski definition) is 0. The lowest BCUT2D eigenvalue weighted by Gasteiger charge is -2.18. The van der Waals surface area contributed by atoms with Crippen molar-refractivity contribution in [2.75, 3.05) is 0 Å². The van der Waals surface area contributed by atoms with Crippen LogP contribution in [0.25, 0.3) is 0 Å². The van der Waals surface area contributed by atoms with Crippen LogP contribution >= 0.6 is 23.2 Å². The van der Waals surface area contributed by atoms with Gasteiger partial charge < -0.3 is 9.47 Å². The number of hydrogen-bond acceptors (Lipinski definition) is 4. The van der Waals surface area contributed by atoms with Gasteiger partial charge in [0.05, 0.1) is 10.6 Å². The Morgan fingerprint density at radius 1 is 1.33 bits per heavy atom. The first-order valence-electron chi connectivity index (χ1n) is 4.89. The van der Waals surface area contributed by atoms with E-state index in [4.69, 9.17) is 32.7 Å². The lowest BCUT2D eigenvalue weighted by atomic mass is 10.2. The van der Waals surface area contributed by atoms with Crippen LogP contribution in [0.2, 0.25) is 10.0 Å². The van der Waals surface area contributed by atoms with Crippen molar-refractivity contribution in [2.24, 2.45) is 0 Å². The van der Waals surface area contributed by atoms with Crippen LogP contribution in [-0.2, 0) is 19.1 Å². The Hall–Kier alpha value is -1.52. The van der Waals surface area contributed by atoms with Crippen molar-refractivity contribution in [1.29, 1.82) is 0 Å². The van der Waals surface area contributed by atoms with Crippen molar-refractivity contribution >= 4 is 35.1 Å². The Kier molecular flexibility index (Phi) is 5.19. The van der Waals surface area contributed by atoms with Gasteiger partial charge >= 0.3 is 11.9 Å². The summed E-state index contributed by atoms with van der Waals surface area (Å²) in [6, 6.07) is 4.51. The molecule has 18 heavy (non-hydrogen) atoms. The molecule has 0 aliphatic rings. The molecule has 1 aromatic rings. The average molecular weight is 289 g/mol. The van der Waals surface area contributed by atoms with Crippen LogP contribution in [0.15, 0.2) is 30.9 Å². The zero-order valence-electron chi connectivity index (χ0n) is 9.48. The van der Waals surface area contributed by atoms with Crippen LogP contribution < -0.4 is 0 Å². The molecule has 0 saturated heterocycles. The summed E-state index contributed by atoms with van der Waals surface area (Å²) in [5, 5.41) is 0.644. The van der Waals surface area contributed by atoms with Crippen LogP contribution in [0.1, 0.15) is 18.8 Å². The molecule has 0 spiro atoms. The Morgan fingerprint density at radius 2 is 2.00 bits per heavy atom. The molecule has 0 N–H and O–H groups in total. The van der Waals surface area contributed by atoms with Gasteiger partial charge in [-0.25, -0.2) is 4.79 Å². The first-order chi connectivity index (χ1) is 8.43. The Bertz CT molecular complexity index is 485. The second kappa shape index (κ2) is 6.42. The fourth-order valence-electron chi connectivity index (χ4n) is 1.15. The van der Waals surface area contributed by atoms with Crippen molar-refractivity contribution in [1.82, 2.24) is 0 Å². The monoisotopic (exact) mass is 288 g/mol. The molecule has 0 bridgehead atoms. The normalized spacial score (nSPS) is 11.5. The zero-order chi connectivity index (χ0) is 13.7. The molecule has 1 atom stereocenters. The van der Waals surface area contributed by atoms with E-state index in [0.29, 0.717) is 10.6 Å². The zero-order valence-corrected chi connectivity index (χ0v) is 11.0. The fraction of sp³-hybridized carbons (Fsp3) is 0.167. The quantitative estimate of drug-likeness (QED) is 0.485. The standard InChI is InChI=1S/C12H10Cl2O4/c1-3-11(16)18-12(17-7(2)15)9-5-4-8(13)6-10(9)14/h3-6,12H,1H2,2H3. The van der Waals surface area contributed by atoms with Gasteiger partial charge in [-0.15, -0.1) is 0 Å². The molecular weight excluding hydrogens is 279 g/mol. The van der Waals surface area contributed by atoms with Crippen LogP contribution in [0.4, 0.5) is 0 Å². The molecule has 1 aromatic carbocycles. The van der Waals surface area contributed by atoms with Crippen molar-refractivity contribution < 1.29 is 19.1 Å². The average Bonchev–Trinajstić information content (AvgIpc) is 2.27. The van der Waals surface area contributed by atoms with E-state index in [1.165, 1.54) is 19.1 Å². The molecule has 0 fully saturated rings. The lowest BCUT2D eigenvalue weighted by Crippen LogP contribution is -2.15. The van der Waals surface area contributed by atoms with Gasteiger partial charge in [-0.05, 0) is 18.2 Å². The van der Waals surface area contributed by atoms with Crippen LogP contribution in [0, 0.1) is 0 Å². The first-order valence-corrected chi connectivity index (χ1v) is 5.65. The van der Waals surface area contributed by atoms with Gasteiger partial charge in [0.15, 0.2) is 0 Å².